The Balaban J connectivity index is 1.36. The number of carbonyl (C=O) groups is 4. The van der Waals surface area contributed by atoms with Crippen LogP contribution in [0.2, 0.25) is 5.02 Å². The molecule has 3 amide bonds. The number of likely N-dealkylation sites (tertiary alicyclic amines) is 1. The molecule has 6 atom stereocenters. The van der Waals surface area contributed by atoms with Crippen LogP contribution in [0.25, 0.3) is 0 Å². The van der Waals surface area contributed by atoms with Crippen LogP contribution in [0, 0.1) is 11.8 Å². The van der Waals surface area contributed by atoms with Crippen molar-refractivity contribution in [1.29, 1.82) is 0 Å². The molecule has 39 heavy (non-hydrogen) atoms. The van der Waals surface area contributed by atoms with Crippen molar-refractivity contribution in [2.45, 2.75) is 96.2 Å². The Kier molecular flexibility index (Phi) is 9.38. The number of esters is 1. The van der Waals surface area contributed by atoms with Crippen LogP contribution in [-0.2, 0) is 23.9 Å². The second-order valence-electron chi connectivity index (χ2n) is 11.2. The van der Waals surface area contributed by atoms with Crippen molar-refractivity contribution in [1.82, 2.24) is 15.5 Å². The maximum Gasteiger partial charge on any atom is 0.310 e. The van der Waals surface area contributed by atoms with E-state index >= 15 is 0 Å². The fourth-order valence-corrected chi connectivity index (χ4v) is 6.03. The molecule has 11 heteroatoms. The van der Waals surface area contributed by atoms with E-state index in [4.69, 9.17) is 26.8 Å². The number of rotatable bonds is 8. The van der Waals surface area contributed by atoms with Gasteiger partial charge in [-0.05, 0) is 62.6 Å². The Labute approximate surface area is 234 Å². The molecule has 10 nitrogen and oxygen atoms in total. The molecule has 3 fully saturated rings. The van der Waals surface area contributed by atoms with Gasteiger partial charge in [-0.3, -0.25) is 19.2 Å². The minimum Gasteiger partial charge on any atom is -0.433 e. The topological polar surface area (TPSA) is 140 Å². The molecular weight excluding hydrogens is 524 g/mol. The first-order valence-corrected chi connectivity index (χ1v) is 14.2. The molecule has 214 valence electrons. The van der Waals surface area contributed by atoms with Gasteiger partial charge >= 0.3 is 5.97 Å². The normalized spacial score (nSPS) is 27.8. The highest BCUT2D eigenvalue weighted by molar-refractivity contribution is 6.33. The third kappa shape index (κ3) is 6.84. The highest BCUT2D eigenvalue weighted by Gasteiger charge is 2.43. The summed E-state index contributed by atoms with van der Waals surface area (Å²) in [5.41, 5.74) is 6.33. The van der Waals surface area contributed by atoms with Gasteiger partial charge in [0.15, 0.2) is 0 Å². The van der Waals surface area contributed by atoms with Crippen molar-refractivity contribution in [3.63, 3.8) is 0 Å². The number of halogens is 1. The number of carbonyl (C=O) groups excluding carboxylic acids is 4. The summed E-state index contributed by atoms with van der Waals surface area (Å²) in [5.74, 6) is -0.791. The molecule has 1 saturated carbocycles. The average molecular weight is 563 g/mol. The van der Waals surface area contributed by atoms with Gasteiger partial charge < -0.3 is 30.7 Å². The molecule has 1 aromatic carbocycles. The second-order valence-corrected chi connectivity index (χ2v) is 11.6. The van der Waals surface area contributed by atoms with Crippen LogP contribution in [0.3, 0.4) is 0 Å². The monoisotopic (exact) mass is 562 g/mol. The van der Waals surface area contributed by atoms with Crippen molar-refractivity contribution in [3.05, 3.63) is 28.8 Å². The summed E-state index contributed by atoms with van der Waals surface area (Å²) in [4.78, 5) is 52.9. The van der Waals surface area contributed by atoms with E-state index in [9.17, 15) is 19.2 Å². The Morgan fingerprint density at radius 1 is 1.13 bits per heavy atom. The predicted octanol–water partition coefficient (Wildman–Crippen LogP) is 3.02. The average Bonchev–Trinajstić information content (AvgIpc) is 3.52. The summed E-state index contributed by atoms with van der Waals surface area (Å²) in [7, 11) is 0. The van der Waals surface area contributed by atoms with Gasteiger partial charge in [0.05, 0.1) is 23.2 Å². The zero-order valence-corrected chi connectivity index (χ0v) is 23.5. The van der Waals surface area contributed by atoms with E-state index in [1.807, 2.05) is 0 Å². The van der Waals surface area contributed by atoms with Gasteiger partial charge in [0.1, 0.15) is 18.1 Å². The van der Waals surface area contributed by atoms with Crippen LogP contribution in [-0.4, -0.2) is 65.7 Å². The fourth-order valence-electron chi connectivity index (χ4n) is 5.85. The SMILES string of the molecule is CC(C)[C@H]1CCCC[C@@H]1O[C@@H]1OC(=O)C[C@@H]1NC(=O)[C@@H]1CCCN1C(=O)[C@H](C)NC(=O)c1ccc(N)c(Cl)c1. The van der Waals surface area contributed by atoms with E-state index in [-0.39, 0.29) is 34.9 Å². The molecule has 2 saturated heterocycles. The summed E-state index contributed by atoms with van der Waals surface area (Å²) in [6.45, 7) is 6.32. The molecule has 0 unspecified atom stereocenters. The van der Waals surface area contributed by atoms with E-state index in [0.29, 0.717) is 36.9 Å². The van der Waals surface area contributed by atoms with Gasteiger partial charge in [-0.2, -0.15) is 0 Å². The van der Waals surface area contributed by atoms with E-state index in [1.54, 1.807) is 6.92 Å². The van der Waals surface area contributed by atoms with Gasteiger partial charge in [0.2, 0.25) is 18.1 Å². The number of nitrogens with one attached hydrogen (secondary N) is 2. The van der Waals surface area contributed by atoms with Gasteiger partial charge in [-0.15, -0.1) is 0 Å². The highest BCUT2D eigenvalue weighted by atomic mass is 35.5. The Morgan fingerprint density at radius 3 is 2.59 bits per heavy atom. The summed E-state index contributed by atoms with van der Waals surface area (Å²) < 4.78 is 11.7. The van der Waals surface area contributed by atoms with Crippen molar-refractivity contribution < 1.29 is 28.7 Å². The zero-order chi connectivity index (χ0) is 28.3. The molecule has 4 N–H and O–H groups in total. The number of hydrogen-bond donors (Lipinski definition) is 3. The minimum atomic E-state index is -0.867. The predicted molar refractivity (Wildman–Crippen MR) is 146 cm³/mol. The number of amides is 3. The van der Waals surface area contributed by atoms with E-state index < -0.39 is 36.3 Å². The molecule has 1 aromatic rings. The lowest BCUT2D eigenvalue weighted by atomic mass is 9.79. The number of hydrogen-bond acceptors (Lipinski definition) is 7. The standard InChI is InChI=1S/C28H39ClN4O6/c1-15(2)18-7-4-5-9-23(18)38-28-21(14-24(34)39-28)32-26(36)22-8-6-12-33(22)27(37)16(3)31-25(35)17-10-11-20(30)19(29)13-17/h10-11,13,15-16,18,21-23,28H,4-9,12,14,30H2,1-3H3,(H,31,35)(H,32,36)/t16-,18+,21-,22-,23-,28+/m0/s1. The number of ether oxygens (including phenoxy) is 2. The maximum atomic E-state index is 13.3. The van der Waals surface area contributed by atoms with Gasteiger partial charge in [-0.1, -0.05) is 38.3 Å². The molecule has 2 aliphatic heterocycles. The van der Waals surface area contributed by atoms with Gasteiger partial charge in [-0.25, -0.2) is 0 Å². The molecule has 4 rings (SSSR count). The summed E-state index contributed by atoms with van der Waals surface area (Å²) in [6.07, 6.45) is 4.46. The van der Waals surface area contributed by atoms with Crippen molar-refractivity contribution >= 4 is 41.0 Å². The summed E-state index contributed by atoms with van der Waals surface area (Å²) in [5, 5.41) is 5.84. The molecule has 1 aliphatic carbocycles. The molecule has 0 bridgehead atoms. The smallest absolute Gasteiger partial charge is 0.310 e. The molecule has 0 radical (unpaired) electrons. The lowest BCUT2D eigenvalue weighted by molar-refractivity contribution is -0.189. The molecular formula is C28H39ClN4O6. The quantitative estimate of drug-likeness (QED) is 0.327. The number of nitrogen functional groups attached to an aromatic ring is 1. The Bertz CT molecular complexity index is 1100. The lowest BCUT2D eigenvalue weighted by Crippen LogP contribution is -2.55. The first-order valence-electron chi connectivity index (χ1n) is 13.9. The third-order valence-electron chi connectivity index (χ3n) is 8.03. The first kappa shape index (κ1) is 29.1. The van der Waals surface area contributed by atoms with Crippen LogP contribution in [0.4, 0.5) is 5.69 Å². The highest BCUT2D eigenvalue weighted by Crippen LogP contribution is 2.34. The van der Waals surface area contributed by atoms with Crippen molar-refractivity contribution in [2.24, 2.45) is 11.8 Å². The van der Waals surface area contributed by atoms with Crippen LogP contribution < -0.4 is 16.4 Å². The minimum absolute atomic E-state index is 0.0206. The Hall–Kier alpha value is -2.85. The summed E-state index contributed by atoms with van der Waals surface area (Å²) >= 11 is 6.02. The van der Waals surface area contributed by atoms with E-state index in [2.05, 4.69) is 24.5 Å². The largest absolute Gasteiger partial charge is 0.433 e. The summed E-state index contributed by atoms with van der Waals surface area (Å²) in [6, 6.07) is 2.29. The van der Waals surface area contributed by atoms with Crippen molar-refractivity contribution in [3.8, 4) is 0 Å². The molecule has 3 aliphatic rings. The van der Waals surface area contributed by atoms with E-state index in [1.165, 1.54) is 23.1 Å². The van der Waals surface area contributed by atoms with Crippen LogP contribution >= 0.6 is 11.6 Å². The number of anilines is 1. The number of benzene rings is 1. The van der Waals surface area contributed by atoms with Crippen LogP contribution in [0.15, 0.2) is 18.2 Å². The number of nitrogens with two attached hydrogens (primary N) is 1. The molecule has 0 aromatic heterocycles. The lowest BCUT2D eigenvalue weighted by Gasteiger charge is -2.36. The Morgan fingerprint density at radius 2 is 1.87 bits per heavy atom. The van der Waals surface area contributed by atoms with Gasteiger partial charge in [0.25, 0.3) is 5.91 Å². The second kappa shape index (κ2) is 12.6. The first-order chi connectivity index (χ1) is 18.5. The molecule has 0 spiro atoms. The van der Waals surface area contributed by atoms with E-state index in [0.717, 1.165) is 25.7 Å². The molecule has 2 heterocycles. The van der Waals surface area contributed by atoms with Crippen LogP contribution in [0.5, 0.6) is 0 Å². The van der Waals surface area contributed by atoms with Gasteiger partial charge in [0, 0.05) is 12.1 Å². The number of nitrogens with zero attached hydrogens (tertiary/aromatic N) is 1. The van der Waals surface area contributed by atoms with Crippen molar-refractivity contribution in [2.75, 3.05) is 12.3 Å². The van der Waals surface area contributed by atoms with Crippen LogP contribution in [0.1, 0.15) is 76.1 Å². The maximum absolute atomic E-state index is 13.3. The zero-order valence-electron chi connectivity index (χ0n) is 22.8. The fraction of sp³-hybridized carbons (Fsp3) is 0.643. The third-order valence-corrected chi connectivity index (χ3v) is 8.36. The number of cyclic esters (lactones) is 1.